The van der Waals surface area contributed by atoms with Crippen LogP contribution in [0.5, 0.6) is 0 Å². The van der Waals surface area contributed by atoms with Crippen molar-refractivity contribution in [1.82, 2.24) is 14.5 Å². The second-order valence-corrected chi connectivity index (χ2v) is 11.9. The first kappa shape index (κ1) is 25.9. The Morgan fingerprint density at radius 2 is 1.94 bits per heavy atom. The summed E-state index contributed by atoms with van der Waals surface area (Å²) in [5.41, 5.74) is 0.806. The molecule has 4 rings (SSSR count). The molecular weight excluding hydrogens is 438 g/mol. The third kappa shape index (κ3) is 4.78. The normalized spacial score (nSPS) is 28.1. The fourth-order valence-electron chi connectivity index (χ4n) is 7.28. The molecule has 0 bridgehead atoms. The molecule has 6 unspecified atom stereocenters. The standard InChI is InChI=1S/C29H43N3O3/c1-7-21-17-23(29(21,5)6)18(2)14-15-31-19(3)12-13-22(31)16-20(4)32-25-11-9-8-10-24(25)30-26(27(32)33)28(34)35/h8-11,18-23H,7,12-17H2,1-6H3,(H,34,35). The van der Waals surface area contributed by atoms with Gasteiger partial charge < -0.3 is 9.67 Å². The van der Waals surface area contributed by atoms with E-state index < -0.39 is 17.2 Å². The molecule has 192 valence electrons. The predicted molar refractivity (Wildman–Crippen MR) is 141 cm³/mol. The second kappa shape index (κ2) is 10.0. The summed E-state index contributed by atoms with van der Waals surface area (Å²) in [6.45, 7) is 15.1. The Labute approximate surface area is 209 Å². The number of likely N-dealkylation sites (tertiary alicyclic amines) is 1. The number of carbonyl (C=O) groups is 1. The van der Waals surface area contributed by atoms with Gasteiger partial charge in [-0.05, 0) is 87.8 Å². The van der Waals surface area contributed by atoms with Crippen molar-refractivity contribution in [2.45, 2.75) is 98.2 Å². The smallest absolute Gasteiger partial charge is 0.360 e. The zero-order valence-corrected chi connectivity index (χ0v) is 22.3. The van der Waals surface area contributed by atoms with E-state index in [-0.39, 0.29) is 6.04 Å². The number of aromatic nitrogens is 2. The van der Waals surface area contributed by atoms with E-state index in [4.69, 9.17) is 0 Å². The minimum atomic E-state index is -1.27. The molecule has 35 heavy (non-hydrogen) atoms. The molecule has 1 aromatic carbocycles. The fourth-order valence-corrected chi connectivity index (χ4v) is 7.28. The molecule has 0 amide bonds. The molecule has 1 N–H and O–H groups in total. The topological polar surface area (TPSA) is 75.4 Å². The first-order valence-electron chi connectivity index (χ1n) is 13.6. The van der Waals surface area contributed by atoms with Gasteiger partial charge >= 0.3 is 5.97 Å². The highest BCUT2D eigenvalue weighted by molar-refractivity contribution is 5.88. The average molecular weight is 482 g/mol. The first-order valence-corrected chi connectivity index (χ1v) is 13.6. The SMILES string of the molecule is CCC1CC(C(C)CCN2C(C)CCC2CC(C)n2c(=O)c(C(=O)O)nc3ccccc32)C1(C)C. The third-order valence-corrected chi connectivity index (χ3v) is 9.57. The van der Waals surface area contributed by atoms with E-state index in [1.165, 1.54) is 25.7 Å². The van der Waals surface area contributed by atoms with Crippen LogP contribution >= 0.6 is 0 Å². The van der Waals surface area contributed by atoms with Crippen molar-refractivity contribution < 1.29 is 9.90 Å². The summed E-state index contributed by atoms with van der Waals surface area (Å²) >= 11 is 0. The van der Waals surface area contributed by atoms with Crippen LogP contribution in [0.3, 0.4) is 0 Å². The molecule has 1 aliphatic carbocycles. The van der Waals surface area contributed by atoms with Gasteiger partial charge in [-0.2, -0.15) is 0 Å². The number of hydrogen-bond acceptors (Lipinski definition) is 4. The lowest BCUT2D eigenvalue weighted by molar-refractivity contribution is -0.0589. The molecule has 6 atom stereocenters. The van der Waals surface area contributed by atoms with Gasteiger partial charge in [0.15, 0.2) is 0 Å². The van der Waals surface area contributed by atoms with Gasteiger partial charge in [0.05, 0.1) is 11.0 Å². The van der Waals surface area contributed by atoms with E-state index in [9.17, 15) is 14.7 Å². The molecule has 0 radical (unpaired) electrons. The Kier molecular flexibility index (Phi) is 7.42. The first-order chi connectivity index (χ1) is 16.6. The number of hydrogen-bond donors (Lipinski definition) is 1. The van der Waals surface area contributed by atoms with Crippen LogP contribution in [0.25, 0.3) is 11.0 Å². The number of para-hydroxylation sites is 2. The van der Waals surface area contributed by atoms with Gasteiger partial charge in [-0.3, -0.25) is 9.69 Å². The van der Waals surface area contributed by atoms with Crippen molar-refractivity contribution in [3.63, 3.8) is 0 Å². The van der Waals surface area contributed by atoms with Crippen LogP contribution in [-0.4, -0.2) is 44.2 Å². The quantitative estimate of drug-likeness (QED) is 0.476. The van der Waals surface area contributed by atoms with Crippen LogP contribution in [0.1, 0.15) is 96.6 Å². The Morgan fingerprint density at radius 1 is 1.23 bits per heavy atom. The summed E-state index contributed by atoms with van der Waals surface area (Å²) < 4.78 is 1.66. The summed E-state index contributed by atoms with van der Waals surface area (Å²) in [6.07, 6.45) is 6.98. The maximum atomic E-state index is 13.1. The summed E-state index contributed by atoms with van der Waals surface area (Å²) in [5.74, 6) is 1.11. The Hall–Kier alpha value is -2.21. The molecule has 2 aromatic rings. The minimum Gasteiger partial charge on any atom is -0.476 e. The number of aromatic carboxylic acids is 1. The molecule has 1 saturated carbocycles. The highest BCUT2D eigenvalue weighted by Gasteiger charge is 2.48. The van der Waals surface area contributed by atoms with E-state index in [1.54, 1.807) is 10.6 Å². The summed E-state index contributed by atoms with van der Waals surface area (Å²) in [4.78, 5) is 31.6. The van der Waals surface area contributed by atoms with Crippen molar-refractivity contribution in [1.29, 1.82) is 0 Å². The van der Waals surface area contributed by atoms with Crippen molar-refractivity contribution in [2.75, 3.05) is 6.54 Å². The summed E-state index contributed by atoms with van der Waals surface area (Å²) in [7, 11) is 0. The van der Waals surface area contributed by atoms with Gasteiger partial charge in [0.25, 0.3) is 5.56 Å². The van der Waals surface area contributed by atoms with Crippen molar-refractivity contribution in [3.8, 4) is 0 Å². The predicted octanol–water partition coefficient (Wildman–Crippen LogP) is 6.00. The van der Waals surface area contributed by atoms with Gasteiger partial charge in [-0.15, -0.1) is 0 Å². The van der Waals surface area contributed by atoms with E-state index in [2.05, 4.69) is 44.5 Å². The van der Waals surface area contributed by atoms with Crippen LogP contribution < -0.4 is 5.56 Å². The van der Waals surface area contributed by atoms with Crippen LogP contribution in [0, 0.1) is 23.2 Å². The van der Waals surface area contributed by atoms with Crippen LogP contribution in [0.15, 0.2) is 29.1 Å². The number of benzene rings is 1. The molecule has 1 aliphatic heterocycles. The Balaban J connectivity index is 1.49. The summed E-state index contributed by atoms with van der Waals surface area (Å²) in [5, 5.41) is 9.57. The fraction of sp³-hybridized carbons (Fsp3) is 0.690. The zero-order chi connectivity index (χ0) is 25.5. The van der Waals surface area contributed by atoms with Crippen LogP contribution in [0.4, 0.5) is 0 Å². The Bertz CT molecular complexity index is 1120. The number of rotatable bonds is 9. The largest absolute Gasteiger partial charge is 0.476 e. The number of carboxylic acids is 1. The van der Waals surface area contributed by atoms with E-state index in [1.807, 2.05) is 25.1 Å². The van der Waals surface area contributed by atoms with E-state index in [0.29, 0.717) is 34.4 Å². The number of carboxylic acid groups (broad SMARTS) is 1. The van der Waals surface area contributed by atoms with Crippen LogP contribution in [0.2, 0.25) is 0 Å². The molecule has 2 heterocycles. The van der Waals surface area contributed by atoms with E-state index >= 15 is 0 Å². The van der Waals surface area contributed by atoms with Crippen molar-refractivity contribution in [2.24, 2.45) is 23.2 Å². The lowest BCUT2D eigenvalue weighted by Crippen LogP contribution is -2.48. The summed E-state index contributed by atoms with van der Waals surface area (Å²) in [6, 6.07) is 8.18. The van der Waals surface area contributed by atoms with Crippen LogP contribution in [-0.2, 0) is 0 Å². The third-order valence-electron chi connectivity index (χ3n) is 9.57. The maximum absolute atomic E-state index is 13.1. The molecule has 1 aromatic heterocycles. The van der Waals surface area contributed by atoms with Gasteiger partial charge in [0, 0.05) is 18.1 Å². The minimum absolute atomic E-state index is 0.111. The van der Waals surface area contributed by atoms with Gasteiger partial charge in [-0.1, -0.05) is 46.2 Å². The lowest BCUT2D eigenvalue weighted by Gasteiger charge is -2.55. The number of fused-ring (bicyclic) bond motifs is 1. The molecule has 2 fully saturated rings. The van der Waals surface area contributed by atoms with Gasteiger partial charge in [-0.25, -0.2) is 9.78 Å². The van der Waals surface area contributed by atoms with E-state index in [0.717, 1.165) is 31.2 Å². The maximum Gasteiger partial charge on any atom is 0.360 e. The molecule has 6 nitrogen and oxygen atoms in total. The monoisotopic (exact) mass is 481 g/mol. The molecule has 2 aliphatic rings. The van der Waals surface area contributed by atoms with Gasteiger partial charge in [0.1, 0.15) is 0 Å². The highest BCUT2D eigenvalue weighted by atomic mass is 16.4. The molecule has 1 saturated heterocycles. The second-order valence-electron chi connectivity index (χ2n) is 11.9. The molecule has 0 spiro atoms. The Morgan fingerprint density at radius 3 is 2.60 bits per heavy atom. The lowest BCUT2D eigenvalue weighted by atomic mass is 9.50. The zero-order valence-electron chi connectivity index (χ0n) is 22.3. The molecular formula is C29H43N3O3. The highest BCUT2D eigenvalue weighted by Crippen LogP contribution is 2.56. The molecule has 6 heteroatoms. The van der Waals surface area contributed by atoms with Crippen molar-refractivity contribution in [3.05, 3.63) is 40.3 Å². The number of nitrogens with zero attached hydrogens (tertiary/aromatic N) is 3. The van der Waals surface area contributed by atoms with Crippen molar-refractivity contribution >= 4 is 17.0 Å². The average Bonchev–Trinajstić information content (AvgIpc) is 3.15. The van der Waals surface area contributed by atoms with Gasteiger partial charge in [0.2, 0.25) is 5.69 Å².